The molecule has 0 aliphatic rings. The molecule has 4 heteroatoms. The number of nitrogens with one attached hydrogen (secondary N) is 1. The SMILES string of the molecule is Cc1nc(Cc2cccc3ccccc23)sc1CC(=O)Nc1ccc(C(C)(C)C)cc1. The van der Waals surface area contributed by atoms with E-state index in [2.05, 4.69) is 80.7 Å². The number of benzene rings is 3. The van der Waals surface area contributed by atoms with E-state index in [0.29, 0.717) is 6.42 Å². The molecule has 1 aromatic heterocycles. The first-order valence-electron chi connectivity index (χ1n) is 10.6. The number of hydrogen-bond acceptors (Lipinski definition) is 3. The summed E-state index contributed by atoms with van der Waals surface area (Å²) in [6, 6.07) is 22.9. The van der Waals surface area contributed by atoms with Crippen LogP contribution in [0.1, 0.15) is 47.5 Å². The van der Waals surface area contributed by atoms with Crippen LogP contribution in [0, 0.1) is 6.92 Å². The summed E-state index contributed by atoms with van der Waals surface area (Å²) in [5, 5.41) is 6.57. The first-order valence-corrected chi connectivity index (χ1v) is 11.4. The van der Waals surface area contributed by atoms with E-state index >= 15 is 0 Å². The molecule has 0 atom stereocenters. The van der Waals surface area contributed by atoms with Crippen molar-refractivity contribution in [3.05, 3.63) is 93.4 Å². The molecule has 0 aliphatic carbocycles. The smallest absolute Gasteiger partial charge is 0.229 e. The van der Waals surface area contributed by atoms with Gasteiger partial charge in [-0.15, -0.1) is 11.3 Å². The first-order chi connectivity index (χ1) is 14.8. The molecule has 0 saturated carbocycles. The zero-order valence-corrected chi connectivity index (χ0v) is 19.3. The van der Waals surface area contributed by atoms with Crippen LogP contribution >= 0.6 is 11.3 Å². The van der Waals surface area contributed by atoms with Crippen LogP contribution in [0.3, 0.4) is 0 Å². The van der Waals surface area contributed by atoms with Gasteiger partial charge in [-0.1, -0.05) is 75.4 Å². The zero-order valence-electron chi connectivity index (χ0n) is 18.5. The second kappa shape index (κ2) is 8.64. The van der Waals surface area contributed by atoms with Crippen molar-refractivity contribution in [2.45, 2.75) is 46.0 Å². The minimum atomic E-state index is -0.00744. The summed E-state index contributed by atoms with van der Waals surface area (Å²) in [4.78, 5) is 18.4. The van der Waals surface area contributed by atoms with Crippen LogP contribution in [0.4, 0.5) is 5.69 Å². The molecule has 4 aromatic rings. The van der Waals surface area contributed by atoms with E-state index in [4.69, 9.17) is 4.98 Å². The first kappa shape index (κ1) is 21.3. The lowest BCUT2D eigenvalue weighted by molar-refractivity contribution is -0.115. The highest BCUT2D eigenvalue weighted by Gasteiger charge is 2.15. The van der Waals surface area contributed by atoms with Crippen molar-refractivity contribution in [3.8, 4) is 0 Å². The lowest BCUT2D eigenvalue weighted by Gasteiger charge is -2.19. The van der Waals surface area contributed by atoms with Crippen molar-refractivity contribution in [1.29, 1.82) is 0 Å². The van der Waals surface area contributed by atoms with E-state index in [9.17, 15) is 4.79 Å². The van der Waals surface area contributed by atoms with Gasteiger partial charge in [0, 0.05) is 17.0 Å². The highest BCUT2D eigenvalue weighted by Crippen LogP contribution is 2.26. The molecule has 0 unspecified atom stereocenters. The van der Waals surface area contributed by atoms with Crippen molar-refractivity contribution in [2.75, 3.05) is 5.32 Å². The van der Waals surface area contributed by atoms with E-state index in [-0.39, 0.29) is 11.3 Å². The zero-order chi connectivity index (χ0) is 22.0. The second-order valence-corrected chi connectivity index (χ2v) is 10.2. The van der Waals surface area contributed by atoms with Crippen molar-refractivity contribution in [1.82, 2.24) is 4.98 Å². The monoisotopic (exact) mass is 428 g/mol. The minimum absolute atomic E-state index is 0.00744. The number of thiazole rings is 1. The van der Waals surface area contributed by atoms with E-state index in [0.717, 1.165) is 27.7 Å². The molecule has 158 valence electrons. The van der Waals surface area contributed by atoms with E-state index in [1.807, 2.05) is 19.1 Å². The summed E-state index contributed by atoms with van der Waals surface area (Å²) in [7, 11) is 0. The molecule has 3 nitrogen and oxygen atoms in total. The fourth-order valence-electron chi connectivity index (χ4n) is 3.74. The van der Waals surface area contributed by atoms with Gasteiger partial charge in [0.2, 0.25) is 5.91 Å². The van der Waals surface area contributed by atoms with Crippen LogP contribution in [0.2, 0.25) is 0 Å². The molecule has 0 aliphatic heterocycles. The molecule has 0 spiro atoms. The molecule has 0 saturated heterocycles. The summed E-state index contributed by atoms with van der Waals surface area (Å²) in [6.07, 6.45) is 1.13. The number of hydrogen-bond donors (Lipinski definition) is 1. The maximum atomic E-state index is 12.6. The molecular weight excluding hydrogens is 400 g/mol. The Balaban J connectivity index is 1.44. The van der Waals surface area contributed by atoms with Crippen molar-refractivity contribution in [3.63, 3.8) is 0 Å². The van der Waals surface area contributed by atoms with E-state index < -0.39 is 0 Å². The number of amides is 1. The number of anilines is 1. The summed E-state index contributed by atoms with van der Waals surface area (Å²) in [6.45, 7) is 8.54. The fourth-order valence-corrected chi connectivity index (χ4v) is 4.83. The van der Waals surface area contributed by atoms with Crippen molar-refractivity contribution in [2.24, 2.45) is 0 Å². The van der Waals surface area contributed by atoms with Gasteiger partial charge in [-0.25, -0.2) is 4.98 Å². The number of aromatic nitrogens is 1. The third-order valence-electron chi connectivity index (χ3n) is 5.51. The summed E-state index contributed by atoms with van der Waals surface area (Å²) in [5.41, 5.74) is 4.39. The molecule has 1 heterocycles. The molecule has 0 radical (unpaired) electrons. The average molecular weight is 429 g/mol. The Hall–Kier alpha value is -2.98. The minimum Gasteiger partial charge on any atom is -0.326 e. The predicted octanol–water partition coefficient (Wildman–Crippen LogP) is 6.67. The van der Waals surface area contributed by atoms with E-state index in [1.165, 1.54) is 21.9 Å². The number of carbonyl (C=O) groups excluding carboxylic acids is 1. The predicted molar refractivity (Wildman–Crippen MR) is 131 cm³/mol. The molecular formula is C27H28N2OS. The van der Waals surface area contributed by atoms with Gasteiger partial charge in [-0.05, 0) is 46.4 Å². The number of nitrogens with zero attached hydrogens (tertiary/aromatic N) is 1. The van der Waals surface area contributed by atoms with Crippen LogP contribution in [0.5, 0.6) is 0 Å². The maximum absolute atomic E-state index is 12.6. The number of rotatable bonds is 5. The van der Waals surface area contributed by atoms with Gasteiger partial charge in [0.05, 0.1) is 17.1 Å². The van der Waals surface area contributed by atoms with E-state index in [1.54, 1.807) is 11.3 Å². The summed E-state index contributed by atoms with van der Waals surface area (Å²) < 4.78 is 0. The van der Waals surface area contributed by atoms with Gasteiger partial charge in [-0.2, -0.15) is 0 Å². The Morgan fingerprint density at radius 1 is 0.968 bits per heavy atom. The van der Waals surface area contributed by atoms with Gasteiger partial charge in [-0.3, -0.25) is 4.79 Å². The molecule has 4 rings (SSSR count). The highest BCUT2D eigenvalue weighted by atomic mass is 32.1. The standard InChI is InChI=1S/C27H28N2OS/c1-18-24(17-25(30)29-22-14-12-21(13-15-22)27(2,3)4)31-26(28-18)16-20-10-7-9-19-8-5-6-11-23(19)20/h5-15H,16-17H2,1-4H3,(H,29,30). The topological polar surface area (TPSA) is 42.0 Å². The Morgan fingerprint density at radius 3 is 2.42 bits per heavy atom. The summed E-state index contributed by atoms with van der Waals surface area (Å²) in [5.74, 6) is -0.00744. The second-order valence-electron chi connectivity index (χ2n) is 8.98. The van der Waals surface area contributed by atoms with Crippen LogP contribution in [0.15, 0.2) is 66.7 Å². The van der Waals surface area contributed by atoms with Crippen molar-refractivity contribution < 1.29 is 4.79 Å². The largest absolute Gasteiger partial charge is 0.326 e. The molecule has 31 heavy (non-hydrogen) atoms. The van der Waals surface area contributed by atoms with Gasteiger partial charge in [0.25, 0.3) is 0 Å². The van der Waals surface area contributed by atoms with Crippen molar-refractivity contribution >= 4 is 33.7 Å². The number of aryl methyl sites for hydroxylation is 1. The Bertz CT molecular complexity index is 1210. The molecule has 1 N–H and O–H groups in total. The highest BCUT2D eigenvalue weighted by molar-refractivity contribution is 7.11. The lowest BCUT2D eigenvalue weighted by atomic mass is 9.87. The molecule has 0 fully saturated rings. The lowest BCUT2D eigenvalue weighted by Crippen LogP contribution is -2.15. The number of fused-ring (bicyclic) bond motifs is 1. The van der Waals surface area contributed by atoms with Crippen LogP contribution < -0.4 is 5.32 Å². The Morgan fingerprint density at radius 2 is 1.68 bits per heavy atom. The fraction of sp³-hybridized carbons (Fsp3) is 0.259. The molecule has 1 amide bonds. The quantitative estimate of drug-likeness (QED) is 0.385. The maximum Gasteiger partial charge on any atom is 0.229 e. The number of carbonyl (C=O) groups is 1. The Kier molecular flexibility index (Phi) is 5.92. The molecule has 3 aromatic carbocycles. The third-order valence-corrected chi connectivity index (χ3v) is 6.67. The average Bonchev–Trinajstić information content (AvgIpc) is 3.06. The molecule has 0 bridgehead atoms. The van der Waals surface area contributed by atoms with Crippen LogP contribution in [-0.2, 0) is 23.1 Å². The third kappa shape index (κ3) is 5.02. The van der Waals surface area contributed by atoms with Gasteiger partial charge in [0.1, 0.15) is 0 Å². The Labute approximate surface area is 188 Å². The van der Waals surface area contributed by atoms with Crippen LogP contribution in [0.25, 0.3) is 10.8 Å². The van der Waals surface area contributed by atoms with Gasteiger partial charge < -0.3 is 5.32 Å². The van der Waals surface area contributed by atoms with Gasteiger partial charge >= 0.3 is 0 Å². The summed E-state index contributed by atoms with van der Waals surface area (Å²) >= 11 is 1.64. The van der Waals surface area contributed by atoms with Gasteiger partial charge in [0.15, 0.2) is 0 Å². The normalized spacial score (nSPS) is 11.6. The van der Waals surface area contributed by atoms with Crippen LogP contribution in [-0.4, -0.2) is 10.9 Å².